The number of nitrogens with zero attached hydrogens (tertiary/aromatic N) is 5. The minimum absolute atomic E-state index is 0.0445. The van der Waals surface area contributed by atoms with Gasteiger partial charge in [-0.25, -0.2) is 13.6 Å². The molecule has 0 spiro atoms. The standard InChI is InChI=1S/C19H20F2N6O2/c1-10-4-5-26-16(9-15(25-26)19(28)29)18-24-23-17(27(10)18)8-13(22)7-11-6-12(20)2-3-14(11)21/h2-3,6,9-10,13H,4-5,7-8,22H2,1H3,(H,28,29)/t10?,13-/m1/s1. The molecule has 4 rings (SSSR count). The van der Waals surface area contributed by atoms with E-state index in [0.717, 1.165) is 18.2 Å². The first-order chi connectivity index (χ1) is 13.8. The maximum atomic E-state index is 13.9. The van der Waals surface area contributed by atoms with Crippen molar-refractivity contribution in [1.82, 2.24) is 24.5 Å². The number of hydrogen-bond donors (Lipinski definition) is 2. The second kappa shape index (κ2) is 7.36. The minimum Gasteiger partial charge on any atom is -0.476 e. The van der Waals surface area contributed by atoms with Gasteiger partial charge in [-0.1, -0.05) is 0 Å². The van der Waals surface area contributed by atoms with E-state index in [1.54, 1.807) is 4.68 Å². The average molecular weight is 402 g/mol. The van der Waals surface area contributed by atoms with E-state index >= 15 is 0 Å². The normalized spacial score (nSPS) is 16.8. The lowest BCUT2D eigenvalue weighted by Gasteiger charge is -2.17. The monoisotopic (exact) mass is 402 g/mol. The Morgan fingerprint density at radius 3 is 2.86 bits per heavy atom. The third-order valence-electron chi connectivity index (χ3n) is 5.13. The first-order valence-corrected chi connectivity index (χ1v) is 9.28. The zero-order chi connectivity index (χ0) is 20.7. The fourth-order valence-electron chi connectivity index (χ4n) is 3.70. The van der Waals surface area contributed by atoms with Crippen molar-refractivity contribution in [3.8, 4) is 11.5 Å². The number of rotatable bonds is 5. The van der Waals surface area contributed by atoms with Crippen molar-refractivity contribution in [2.75, 3.05) is 0 Å². The Labute approximate surface area is 165 Å². The van der Waals surface area contributed by atoms with Crippen LogP contribution in [0.2, 0.25) is 0 Å². The summed E-state index contributed by atoms with van der Waals surface area (Å²) in [4.78, 5) is 11.3. The topological polar surface area (TPSA) is 112 Å². The van der Waals surface area contributed by atoms with Gasteiger partial charge in [-0.15, -0.1) is 10.2 Å². The Hall–Kier alpha value is -3.14. The van der Waals surface area contributed by atoms with Crippen LogP contribution in [-0.2, 0) is 19.4 Å². The molecule has 10 heteroatoms. The first kappa shape index (κ1) is 19.2. The van der Waals surface area contributed by atoms with E-state index in [9.17, 15) is 18.7 Å². The van der Waals surface area contributed by atoms with Gasteiger partial charge in [0.25, 0.3) is 0 Å². The highest BCUT2D eigenvalue weighted by molar-refractivity contribution is 5.86. The van der Waals surface area contributed by atoms with Crippen molar-refractivity contribution in [2.45, 2.75) is 44.8 Å². The lowest BCUT2D eigenvalue weighted by molar-refractivity contribution is 0.0689. The van der Waals surface area contributed by atoms with E-state index in [-0.39, 0.29) is 23.7 Å². The van der Waals surface area contributed by atoms with Crippen LogP contribution in [0.25, 0.3) is 11.5 Å². The van der Waals surface area contributed by atoms with Gasteiger partial charge < -0.3 is 15.4 Å². The summed E-state index contributed by atoms with van der Waals surface area (Å²) in [6.07, 6.45) is 1.17. The molecule has 8 nitrogen and oxygen atoms in total. The predicted molar refractivity (Wildman–Crippen MR) is 99.3 cm³/mol. The van der Waals surface area contributed by atoms with Crippen molar-refractivity contribution < 1.29 is 18.7 Å². The van der Waals surface area contributed by atoms with Crippen LogP contribution in [-0.4, -0.2) is 41.7 Å². The summed E-state index contributed by atoms with van der Waals surface area (Å²) in [6, 6.07) is 4.33. The van der Waals surface area contributed by atoms with E-state index < -0.39 is 23.6 Å². The van der Waals surface area contributed by atoms with Crippen LogP contribution in [0.5, 0.6) is 0 Å². The van der Waals surface area contributed by atoms with Crippen LogP contribution in [0.15, 0.2) is 24.3 Å². The van der Waals surface area contributed by atoms with Gasteiger partial charge in [-0.2, -0.15) is 5.10 Å². The Kier molecular flexibility index (Phi) is 4.87. The number of carboxylic acid groups (broad SMARTS) is 1. The molecule has 3 heterocycles. The third-order valence-corrected chi connectivity index (χ3v) is 5.13. The number of aryl methyl sites for hydroxylation is 1. The summed E-state index contributed by atoms with van der Waals surface area (Å²) in [6.45, 7) is 2.56. The summed E-state index contributed by atoms with van der Waals surface area (Å²) in [5.41, 5.74) is 6.95. The molecule has 2 atom stereocenters. The molecule has 1 aliphatic heterocycles. The van der Waals surface area contributed by atoms with Crippen molar-refractivity contribution in [1.29, 1.82) is 0 Å². The van der Waals surface area contributed by atoms with Gasteiger partial charge in [0.1, 0.15) is 23.2 Å². The lowest BCUT2D eigenvalue weighted by atomic mass is 10.0. The molecule has 3 aromatic rings. The zero-order valence-electron chi connectivity index (χ0n) is 15.7. The maximum Gasteiger partial charge on any atom is 0.356 e. The van der Waals surface area contributed by atoms with Crippen LogP contribution >= 0.6 is 0 Å². The summed E-state index contributed by atoms with van der Waals surface area (Å²) in [5, 5.41) is 21.8. The van der Waals surface area contributed by atoms with Gasteiger partial charge in [0.05, 0.1) is 0 Å². The van der Waals surface area contributed by atoms with E-state index in [4.69, 9.17) is 5.73 Å². The molecule has 2 aromatic heterocycles. The summed E-state index contributed by atoms with van der Waals surface area (Å²) in [5.74, 6) is -0.983. The molecule has 0 fully saturated rings. The van der Waals surface area contributed by atoms with Gasteiger partial charge in [-0.3, -0.25) is 4.68 Å². The van der Waals surface area contributed by atoms with E-state index in [1.165, 1.54) is 6.07 Å². The molecule has 29 heavy (non-hydrogen) atoms. The average Bonchev–Trinajstić information content (AvgIpc) is 3.24. The van der Waals surface area contributed by atoms with Crippen LogP contribution in [0.4, 0.5) is 8.78 Å². The smallest absolute Gasteiger partial charge is 0.356 e. The lowest BCUT2D eigenvalue weighted by Crippen LogP contribution is -2.28. The number of hydrogen-bond acceptors (Lipinski definition) is 5. The molecule has 0 radical (unpaired) electrons. The number of fused-ring (bicyclic) bond motifs is 3. The third kappa shape index (κ3) is 3.63. The molecule has 0 saturated carbocycles. The Morgan fingerprint density at radius 2 is 2.10 bits per heavy atom. The van der Waals surface area contributed by atoms with Gasteiger partial charge in [0.2, 0.25) is 0 Å². The Balaban J connectivity index is 1.62. The van der Waals surface area contributed by atoms with Crippen molar-refractivity contribution >= 4 is 5.97 Å². The van der Waals surface area contributed by atoms with Crippen molar-refractivity contribution in [2.24, 2.45) is 5.73 Å². The summed E-state index contributed by atoms with van der Waals surface area (Å²) in [7, 11) is 0. The van der Waals surface area contributed by atoms with Gasteiger partial charge in [-0.05, 0) is 43.5 Å². The van der Waals surface area contributed by atoms with Gasteiger partial charge >= 0.3 is 5.97 Å². The van der Waals surface area contributed by atoms with Crippen LogP contribution < -0.4 is 5.73 Å². The molecule has 3 N–H and O–H groups in total. The highest BCUT2D eigenvalue weighted by Gasteiger charge is 2.27. The highest BCUT2D eigenvalue weighted by atomic mass is 19.1. The zero-order valence-corrected chi connectivity index (χ0v) is 15.7. The number of benzene rings is 1. The van der Waals surface area contributed by atoms with Gasteiger partial charge in [0, 0.05) is 31.1 Å². The predicted octanol–water partition coefficient (Wildman–Crippen LogP) is 2.20. The first-order valence-electron chi connectivity index (χ1n) is 9.28. The van der Waals surface area contributed by atoms with Crippen molar-refractivity contribution in [3.63, 3.8) is 0 Å². The molecular weight excluding hydrogens is 382 g/mol. The van der Waals surface area contributed by atoms with E-state index in [0.29, 0.717) is 36.7 Å². The van der Waals surface area contributed by atoms with E-state index in [2.05, 4.69) is 15.3 Å². The van der Waals surface area contributed by atoms with Crippen LogP contribution in [0.1, 0.15) is 41.3 Å². The second-order valence-corrected chi connectivity index (χ2v) is 7.29. The molecule has 152 valence electrons. The second-order valence-electron chi connectivity index (χ2n) is 7.29. The molecular formula is C19H20F2N6O2. The van der Waals surface area contributed by atoms with Crippen molar-refractivity contribution in [3.05, 3.63) is 53.0 Å². The number of carbonyl (C=O) groups is 1. The summed E-state index contributed by atoms with van der Waals surface area (Å²) < 4.78 is 30.9. The number of aromatic nitrogens is 5. The van der Waals surface area contributed by atoms with Gasteiger partial charge in [0.15, 0.2) is 11.5 Å². The molecule has 0 saturated heterocycles. The van der Waals surface area contributed by atoms with Crippen LogP contribution in [0.3, 0.4) is 0 Å². The highest BCUT2D eigenvalue weighted by Crippen LogP contribution is 2.30. The maximum absolute atomic E-state index is 13.9. The Bertz CT molecular complexity index is 1080. The molecule has 0 amide bonds. The quantitative estimate of drug-likeness (QED) is 0.677. The number of nitrogens with two attached hydrogens (primary N) is 1. The SMILES string of the molecule is CC1CCn2nc(C(=O)O)cc2-c2nnc(C[C@H](N)Cc3cc(F)ccc3F)n21. The van der Waals surface area contributed by atoms with Crippen LogP contribution in [0, 0.1) is 11.6 Å². The molecule has 0 aliphatic carbocycles. The molecule has 1 aliphatic rings. The Morgan fingerprint density at radius 1 is 1.31 bits per heavy atom. The molecule has 1 aromatic carbocycles. The summed E-state index contributed by atoms with van der Waals surface area (Å²) >= 11 is 0. The minimum atomic E-state index is -1.11. The number of carboxylic acids is 1. The number of halogens is 2. The largest absolute Gasteiger partial charge is 0.476 e. The molecule has 0 bridgehead atoms. The van der Waals surface area contributed by atoms with E-state index in [1.807, 2.05) is 11.5 Å². The number of aromatic carboxylic acids is 1. The molecule has 1 unspecified atom stereocenters. The fraction of sp³-hybridized carbons (Fsp3) is 0.368. The fourth-order valence-corrected chi connectivity index (χ4v) is 3.70.